The Balaban J connectivity index is 2.29. The summed E-state index contributed by atoms with van der Waals surface area (Å²) in [7, 11) is -1.58. The zero-order valence-electron chi connectivity index (χ0n) is 13.9. The molecule has 2 fully saturated rings. The number of fused-ring (bicyclic) bond motifs is 1. The molecule has 4 atom stereocenters. The lowest BCUT2D eigenvalue weighted by Gasteiger charge is -2.37. The first kappa shape index (κ1) is 17.7. The van der Waals surface area contributed by atoms with Crippen LogP contribution in [0, 0.1) is 0 Å². The molecule has 0 saturated carbocycles. The predicted molar refractivity (Wildman–Crippen MR) is 83.0 cm³/mol. The second kappa shape index (κ2) is 5.16. The van der Waals surface area contributed by atoms with E-state index in [9.17, 15) is 5.11 Å². The van der Waals surface area contributed by atoms with Crippen molar-refractivity contribution in [1.82, 2.24) is 0 Å². The largest absolute Gasteiger partial charge is 0.373 e. The van der Waals surface area contributed by atoms with Crippen molar-refractivity contribution in [3.8, 4) is 0 Å². The smallest absolute Gasteiger partial charge is 0.275 e. The SMILES string of the molecule is C[SiH](C)[C@]12OC(C)(C)O[C@@H]1[C@@H](COC(C)(C)C)O[C@]2(O)Cl. The normalized spacial score (nSPS) is 42.6. The third-order valence-electron chi connectivity index (χ3n) is 3.91. The van der Waals surface area contributed by atoms with Crippen LogP contribution in [0.1, 0.15) is 34.6 Å². The van der Waals surface area contributed by atoms with E-state index in [4.69, 9.17) is 30.5 Å². The first-order chi connectivity index (χ1) is 9.31. The molecule has 0 radical (unpaired) electrons. The molecule has 2 rings (SSSR count). The average molecular weight is 339 g/mol. The molecular formula is C14H27ClO5Si. The van der Waals surface area contributed by atoms with Gasteiger partial charge < -0.3 is 24.1 Å². The van der Waals surface area contributed by atoms with E-state index >= 15 is 0 Å². The highest BCUT2D eigenvalue weighted by Crippen LogP contribution is 2.54. The van der Waals surface area contributed by atoms with Gasteiger partial charge in [-0.3, -0.25) is 0 Å². The number of alkyl halides is 1. The monoisotopic (exact) mass is 338 g/mol. The van der Waals surface area contributed by atoms with Gasteiger partial charge in [-0.15, -0.1) is 0 Å². The van der Waals surface area contributed by atoms with Gasteiger partial charge in [0, 0.05) is 0 Å². The molecule has 2 aliphatic rings. The molecule has 0 aliphatic carbocycles. The number of ether oxygens (including phenoxy) is 4. The van der Waals surface area contributed by atoms with Crippen LogP contribution < -0.4 is 0 Å². The maximum absolute atomic E-state index is 10.6. The minimum absolute atomic E-state index is 0.297. The van der Waals surface area contributed by atoms with Gasteiger partial charge >= 0.3 is 0 Å². The molecule has 124 valence electrons. The van der Waals surface area contributed by atoms with Crippen LogP contribution >= 0.6 is 11.6 Å². The number of hydrogen-bond donors (Lipinski definition) is 1. The van der Waals surface area contributed by atoms with E-state index in [1.165, 1.54) is 0 Å². The van der Waals surface area contributed by atoms with Crippen LogP contribution in [0.25, 0.3) is 0 Å². The van der Waals surface area contributed by atoms with Crippen molar-refractivity contribution in [2.45, 2.75) is 81.8 Å². The molecule has 0 unspecified atom stereocenters. The highest BCUT2D eigenvalue weighted by atomic mass is 35.5. The number of rotatable bonds is 3. The van der Waals surface area contributed by atoms with Crippen LogP contribution in [0.5, 0.6) is 0 Å². The Labute approximate surface area is 133 Å². The summed E-state index contributed by atoms with van der Waals surface area (Å²) >= 11 is 6.30. The Bertz CT molecular complexity index is 407. The van der Waals surface area contributed by atoms with Gasteiger partial charge in [-0.2, -0.15) is 0 Å². The minimum Gasteiger partial charge on any atom is -0.373 e. The topological polar surface area (TPSA) is 57.2 Å². The van der Waals surface area contributed by atoms with Crippen LogP contribution in [0.4, 0.5) is 0 Å². The highest BCUT2D eigenvalue weighted by Gasteiger charge is 2.74. The van der Waals surface area contributed by atoms with E-state index in [0.29, 0.717) is 6.61 Å². The molecule has 0 spiro atoms. The van der Waals surface area contributed by atoms with Crippen molar-refractivity contribution in [2.75, 3.05) is 6.61 Å². The number of halogens is 1. The molecule has 0 bridgehead atoms. The Morgan fingerprint density at radius 1 is 1.24 bits per heavy atom. The van der Waals surface area contributed by atoms with Crippen LogP contribution in [0.3, 0.4) is 0 Å². The fourth-order valence-corrected chi connectivity index (χ4v) is 6.24. The molecule has 7 heteroatoms. The Hall–Kier alpha value is 0.307. The molecule has 1 N–H and O–H groups in total. The first-order valence-electron chi connectivity index (χ1n) is 7.42. The van der Waals surface area contributed by atoms with Crippen LogP contribution in [0.2, 0.25) is 13.1 Å². The van der Waals surface area contributed by atoms with E-state index in [0.717, 1.165) is 0 Å². The van der Waals surface area contributed by atoms with Crippen molar-refractivity contribution in [3.63, 3.8) is 0 Å². The molecule has 0 aromatic rings. The summed E-state index contributed by atoms with van der Waals surface area (Å²) in [4.78, 5) is 0. The lowest BCUT2D eigenvalue weighted by molar-refractivity contribution is -0.254. The summed E-state index contributed by atoms with van der Waals surface area (Å²) in [5, 5.41) is 7.78. The van der Waals surface area contributed by atoms with Gasteiger partial charge in [0.05, 0.1) is 21.0 Å². The van der Waals surface area contributed by atoms with E-state index in [1.807, 2.05) is 34.6 Å². The highest BCUT2D eigenvalue weighted by molar-refractivity contribution is 6.61. The number of hydrogen-bond acceptors (Lipinski definition) is 5. The van der Waals surface area contributed by atoms with Gasteiger partial charge in [0.2, 0.25) is 0 Å². The third-order valence-corrected chi connectivity index (χ3v) is 7.03. The fraction of sp³-hybridized carbons (Fsp3) is 1.00. The molecule has 2 aliphatic heterocycles. The van der Waals surface area contributed by atoms with Crippen molar-refractivity contribution < 1.29 is 24.1 Å². The van der Waals surface area contributed by atoms with Crippen LogP contribution in [-0.4, -0.2) is 54.6 Å². The average Bonchev–Trinajstić information content (AvgIpc) is 2.65. The maximum atomic E-state index is 10.6. The molecule has 0 aromatic carbocycles. The quantitative estimate of drug-likeness (QED) is 0.630. The first-order valence-corrected chi connectivity index (χ1v) is 10.7. The standard InChI is InChI=1S/C14H27ClO5Si/c1-11(2,3)17-8-9-10-13(21(6)7,14(15,16)18-9)20-12(4,5)19-10/h9-10,16,21H,8H2,1-7H3/t9-,10-,13-,14+/m1/s1. The van der Waals surface area contributed by atoms with E-state index in [2.05, 4.69) is 13.1 Å². The lowest BCUT2D eigenvalue weighted by Crippen LogP contribution is -2.61. The summed E-state index contributed by atoms with van der Waals surface area (Å²) < 4.78 is 23.5. The summed E-state index contributed by atoms with van der Waals surface area (Å²) in [5.41, 5.74) is -0.302. The molecule has 5 nitrogen and oxygen atoms in total. The molecule has 21 heavy (non-hydrogen) atoms. The maximum Gasteiger partial charge on any atom is 0.275 e. The zero-order chi connectivity index (χ0) is 16.3. The summed E-state index contributed by atoms with van der Waals surface area (Å²) in [6.07, 6.45) is -0.882. The van der Waals surface area contributed by atoms with Gasteiger partial charge in [0.25, 0.3) is 5.25 Å². The van der Waals surface area contributed by atoms with Crippen LogP contribution in [-0.2, 0) is 18.9 Å². The third kappa shape index (κ3) is 3.04. The molecule has 0 amide bonds. The van der Waals surface area contributed by atoms with Crippen LogP contribution in [0.15, 0.2) is 0 Å². The Morgan fingerprint density at radius 3 is 2.29 bits per heavy atom. The second-order valence-electron chi connectivity index (χ2n) is 7.63. The Kier molecular flexibility index (Phi) is 4.34. The van der Waals surface area contributed by atoms with Gasteiger partial charge in [0.15, 0.2) is 11.0 Å². The van der Waals surface area contributed by atoms with Crippen molar-refractivity contribution in [1.29, 1.82) is 0 Å². The molecule has 2 saturated heterocycles. The summed E-state index contributed by atoms with van der Waals surface area (Å²) in [5.74, 6) is -0.797. The fourth-order valence-electron chi connectivity index (χ4n) is 3.08. The second-order valence-corrected chi connectivity index (χ2v) is 11.3. The van der Waals surface area contributed by atoms with E-state index < -0.39 is 37.3 Å². The zero-order valence-corrected chi connectivity index (χ0v) is 15.8. The van der Waals surface area contributed by atoms with Gasteiger partial charge in [-0.1, -0.05) is 24.7 Å². The number of aliphatic hydroxyl groups is 1. The molecular weight excluding hydrogens is 312 g/mol. The van der Waals surface area contributed by atoms with E-state index in [-0.39, 0.29) is 5.60 Å². The molecule has 0 aromatic heterocycles. The molecule has 2 heterocycles. The van der Waals surface area contributed by atoms with E-state index in [1.54, 1.807) is 0 Å². The van der Waals surface area contributed by atoms with Gasteiger partial charge in [-0.05, 0) is 34.6 Å². The van der Waals surface area contributed by atoms with Crippen molar-refractivity contribution >= 4 is 20.4 Å². The minimum atomic E-state index is -1.88. The van der Waals surface area contributed by atoms with Gasteiger partial charge in [0.1, 0.15) is 12.2 Å². The van der Waals surface area contributed by atoms with Crippen molar-refractivity contribution in [2.24, 2.45) is 0 Å². The Morgan fingerprint density at radius 2 is 1.81 bits per heavy atom. The van der Waals surface area contributed by atoms with Gasteiger partial charge in [-0.25, -0.2) is 0 Å². The predicted octanol–water partition coefficient (Wildman–Crippen LogP) is 2.00. The van der Waals surface area contributed by atoms with Crippen molar-refractivity contribution in [3.05, 3.63) is 0 Å². The summed E-state index contributed by atoms with van der Waals surface area (Å²) in [6, 6.07) is 0. The summed E-state index contributed by atoms with van der Waals surface area (Å²) in [6.45, 7) is 14.0. The lowest BCUT2D eigenvalue weighted by atomic mass is 10.1.